The van der Waals surface area contributed by atoms with Crippen LogP contribution < -0.4 is 0 Å². The van der Waals surface area contributed by atoms with Gasteiger partial charge < -0.3 is 0 Å². The molecule has 1 aromatic rings. The molecule has 0 radical (unpaired) electrons. The lowest BCUT2D eigenvalue weighted by molar-refractivity contribution is -0.112. The van der Waals surface area contributed by atoms with E-state index >= 15 is 0 Å². The number of azide groups is 1. The zero-order valence-corrected chi connectivity index (χ0v) is 7.78. The minimum atomic E-state index is -0.0275. The van der Waals surface area contributed by atoms with Crippen molar-refractivity contribution in [1.29, 1.82) is 0 Å². The zero-order chi connectivity index (χ0) is 9.68. The number of rotatable bonds is 3. The van der Waals surface area contributed by atoms with Gasteiger partial charge in [-0.2, -0.15) is 0 Å². The molecule has 0 saturated carbocycles. The van der Waals surface area contributed by atoms with Crippen molar-refractivity contribution in [3.05, 3.63) is 32.8 Å². The Kier molecular flexibility index (Phi) is 3.25. The van der Waals surface area contributed by atoms with Crippen molar-refractivity contribution in [3.63, 3.8) is 0 Å². The summed E-state index contributed by atoms with van der Waals surface area (Å²) in [6.45, 7) is 1.47. The minimum Gasteiger partial charge on any atom is -0.295 e. The van der Waals surface area contributed by atoms with Crippen LogP contribution in [0.15, 0.2) is 22.6 Å². The molecule has 0 bridgehead atoms. The zero-order valence-electron chi connectivity index (χ0n) is 6.97. The molecule has 5 heteroatoms. The third-order valence-electron chi connectivity index (χ3n) is 1.30. The maximum absolute atomic E-state index is 10.6. The van der Waals surface area contributed by atoms with Gasteiger partial charge in [-0.1, -0.05) is 5.11 Å². The molecule has 1 rings (SSSR count). The number of nitrogens with zero attached hydrogens (tertiary/aromatic N) is 3. The molecule has 0 aliphatic carbocycles. The summed E-state index contributed by atoms with van der Waals surface area (Å²) in [5.41, 5.74) is 8.77. The summed E-state index contributed by atoms with van der Waals surface area (Å²) < 4.78 is 0. The maximum Gasteiger partial charge on any atom is 0.152 e. The van der Waals surface area contributed by atoms with Gasteiger partial charge in [-0.15, -0.1) is 11.3 Å². The first-order valence-corrected chi connectivity index (χ1v) is 4.43. The van der Waals surface area contributed by atoms with Crippen LogP contribution in [0.25, 0.3) is 16.5 Å². The fourth-order valence-corrected chi connectivity index (χ4v) is 1.48. The topological polar surface area (TPSA) is 65.8 Å². The summed E-state index contributed by atoms with van der Waals surface area (Å²) in [5, 5.41) is 5.28. The number of thiophene rings is 1. The highest BCUT2D eigenvalue weighted by atomic mass is 32.1. The molecule has 1 aromatic heterocycles. The number of carbonyl (C=O) groups excluding carboxylic acids is 1. The maximum atomic E-state index is 10.6. The second-order valence-electron chi connectivity index (χ2n) is 2.30. The van der Waals surface area contributed by atoms with E-state index in [1.54, 1.807) is 12.1 Å². The summed E-state index contributed by atoms with van der Waals surface area (Å²) >= 11 is 1.43. The molecule has 0 aliphatic rings. The van der Waals surface area contributed by atoms with Crippen LogP contribution in [0.2, 0.25) is 0 Å². The molecule has 0 saturated heterocycles. The van der Waals surface area contributed by atoms with Crippen molar-refractivity contribution in [1.82, 2.24) is 0 Å². The first kappa shape index (κ1) is 9.51. The Morgan fingerprint density at radius 2 is 2.54 bits per heavy atom. The predicted molar refractivity (Wildman–Crippen MR) is 52.8 cm³/mol. The molecule has 66 valence electrons. The van der Waals surface area contributed by atoms with Crippen molar-refractivity contribution >= 4 is 28.9 Å². The highest BCUT2D eigenvalue weighted by molar-refractivity contribution is 7.11. The lowest BCUT2D eigenvalue weighted by atomic mass is 10.3. The lowest BCUT2D eigenvalue weighted by Crippen LogP contribution is -1.78. The molecule has 0 unspecified atom stereocenters. The van der Waals surface area contributed by atoms with Gasteiger partial charge in [0.1, 0.15) is 0 Å². The molecule has 0 fully saturated rings. The number of hydrogen-bond donors (Lipinski definition) is 0. The Morgan fingerprint density at radius 3 is 3.15 bits per heavy atom. The van der Waals surface area contributed by atoms with E-state index in [9.17, 15) is 4.79 Å². The van der Waals surface area contributed by atoms with E-state index in [1.807, 2.05) is 5.38 Å². The predicted octanol–water partition coefficient (Wildman–Crippen LogP) is 3.29. The first-order valence-electron chi connectivity index (χ1n) is 3.55. The van der Waals surface area contributed by atoms with Crippen LogP contribution in [-0.4, -0.2) is 5.78 Å². The molecule has 0 spiro atoms. The molecule has 13 heavy (non-hydrogen) atoms. The van der Waals surface area contributed by atoms with E-state index in [2.05, 4.69) is 10.0 Å². The average molecular weight is 193 g/mol. The van der Waals surface area contributed by atoms with Gasteiger partial charge in [0, 0.05) is 9.79 Å². The smallest absolute Gasteiger partial charge is 0.152 e. The van der Waals surface area contributed by atoms with Crippen LogP contribution in [0.1, 0.15) is 11.8 Å². The lowest BCUT2D eigenvalue weighted by Gasteiger charge is -1.86. The van der Waals surface area contributed by atoms with Crippen LogP contribution >= 0.6 is 11.3 Å². The van der Waals surface area contributed by atoms with Crippen molar-refractivity contribution in [2.24, 2.45) is 5.11 Å². The molecule has 4 nitrogen and oxygen atoms in total. The standard InChI is InChI=1S/C8H7N3OS/c1-6(12)2-3-8-7(10-11-9)4-5-13-8/h2-5H,1H3. The molecule has 0 amide bonds. The fraction of sp³-hybridized carbons (Fsp3) is 0.125. The van der Waals surface area contributed by atoms with Gasteiger partial charge in [0.25, 0.3) is 0 Å². The highest BCUT2D eigenvalue weighted by Crippen LogP contribution is 2.26. The third kappa shape index (κ3) is 2.74. The largest absolute Gasteiger partial charge is 0.295 e. The van der Waals surface area contributed by atoms with E-state index in [0.29, 0.717) is 5.69 Å². The van der Waals surface area contributed by atoms with Gasteiger partial charge in [0.15, 0.2) is 5.78 Å². The molecule has 0 aliphatic heterocycles. The SMILES string of the molecule is CC(=O)C=Cc1sccc1N=[N+]=[N-]. The first-order chi connectivity index (χ1) is 6.24. The number of hydrogen-bond acceptors (Lipinski definition) is 3. The third-order valence-corrected chi connectivity index (χ3v) is 2.17. The van der Waals surface area contributed by atoms with Gasteiger partial charge in [0.05, 0.1) is 5.69 Å². The highest BCUT2D eigenvalue weighted by Gasteiger charge is 1.97. The normalized spacial score (nSPS) is 9.92. The van der Waals surface area contributed by atoms with Crippen LogP contribution in [0.3, 0.4) is 0 Å². The molecule has 0 atom stereocenters. The second kappa shape index (κ2) is 4.45. The monoisotopic (exact) mass is 193 g/mol. The van der Waals surface area contributed by atoms with Crippen molar-refractivity contribution in [3.8, 4) is 0 Å². The van der Waals surface area contributed by atoms with Gasteiger partial charge in [-0.3, -0.25) is 4.79 Å². The van der Waals surface area contributed by atoms with Gasteiger partial charge in [-0.25, -0.2) is 0 Å². The van der Waals surface area contributed by atoms with Crippen LogP contribution in [0, 0.1) is 0 Å². The van der Waals surface area contributed by atoms with Crippen LogP contribution in [0.5, 0.6) is 0 Å². The Hall–Kier alpha value is -1.58. The van der Waals surface area contributed by atoms with Crippen LogP contribution in [0.4, 0.5) is 5.69 Å². The van der Waals surface area contributed by atoms with Gasteiger partial charge >= 0.3 is 0 Å². The van der Waals surface area contributed by atoms with Crippen molar-refractivity contribution in [2.45, 2.75) is 6.92 Å². The van der Waals surface area contributed by atoms with Crippen molar-refractivity contribution < 1.29 is 4.79 Å². The average Bonchev–Trinajstić information content (AvgIpc) is 2.49. The summed E-state index contributed by atoms with van der Waals surface area (Å²) in [6, 6.07) is 1.71. The fourth-order valence-electron chi connectivity index (χ4n) is 0.763. The molecule has 0 N–H and O–H groups in total. The van der Waals surface area contributed by atoms with E-state index in [-0.39, 0.29) is 5.78 Å². The number of ketones is 1. The van der Waals surface area contributed by atoms with E-state index in [1.165, 1.54) is 24.3 Å². The Bertz CT molecular complexity index is 388. The summed E-state index contributed by atoms with van der Waals surface area (Å²) in [4.78, 5) is 14.1. The summed E-state index contributed by atoms with van der Waals surface area (Å²) in [6.07, 6.45) is 3.10. The Balaban J connectivity index is 2.94. The van der Waals surface area contributed by atoms with Crippen LogP contribution in [-0.2, 0) is 4.79 Å². The van der Waals surface area contributed by atoms with Gasteiger partial charge in [-0.05, 0) is 36.1 Å². The van der Waals surface area contributed by atoms with E-state index < -0.39 is 0 Å². The number of allylic oxidation sites excluding steroid dienone is 1. The molecular weight excluding hydrogens is 186 g/mol. The summed E-state index contributed by atoms with van der Waals surface area (Å²) in [5.74, 6) is -0.0275. The molecule has 1 heterocycles. The second-order valence-corrected chi connectivity index (χ2v) is 3.25. The van der Waals surface area contributed by atoms with Crippen molar-refractivity contribution in [2.75, 3.05) is 0 Å². The van der Waals surface area contributed by atoms with E-state index in [0.717, 1.165) is 4.88 Å². The molecular formula is C8H7N3OS. The van der Waals surface area contributed by atoms with E-state index in [4.69, 9.17) is 5.53 Å². The Morgan fingerprint density at radius 1 is 1.77 bits per heavy atom. The van der Waals surface area contributed by atoms with Gasteiger partial charge in [0.2, 0.25) is 0 Å². The summed E-state index contributed by atoms with van der Waals surface area (Å²) in [7, 11) is 0. The Labute approximate surface area is 79.1 Å². The quantitative estimate of drug-likeness (QED) is 0.314. The minimum absolute atomic E-state index is 0.0275. The number of carbonyl (C=O) groups is 1. The molecule has 0 aromatic carbocycles.